The van der Waals surface area contributed by atoms with E-state index in [1.165, 1.54) is 12.0 Å². The lowest BCUT2D eigenvalue weighted by atomic mass is 9.63. The molecule has 2 bridgehead atoms. The summed E-state index contributed by atoms with van der Waals surface area (Å²) in [6.45, 7) is 1.69. The average Bonchev–Trinajstić information content (AvgIpc) is 2.78. The average molecular weight is 423 g/mol. The Labute approximate surface area is 181 Å². The fourth-order valence-electron chi connectivity index (χ4n) is 5.53. The Morgan fingerprint density at radius 1 is 1.19 bits per heavy atom. The predicted octanol–water partition coefficient (Wildman–Crippen LogP) is 1.04. The van der Waals surface area contributed by atoms with Gasteiger partial charge in [0.05, 0.1) is 52.3 Å². The number of ether oxygens (including phenoxy) is 3. The fraction of sp³-hybridized carbons (Fsp3) is 0.417. The van der Waals surface area contributed by atoms with Crippen molar-refractivity contribution in [2.75, 3.05) is 34.4 Å². The molecule has 5 rings (SSSR count). The molecule has 5 atom stereocenters. The van der Waals surface area contributed by atoms with Gasteiger partial charge in [-0.25, -0.2) is 0 Å². The molecule has 0 aliphatic carbocycles. The first-order valence-electron chi connectivity index (χ1n) is 10.6. The predicted molar refractivity (Wildman–Crippen MR) is 113 cm³/mol. The van der Waals surface area contributed by atoms with E-state index < -0.39 is 11.6 Å². The lowest BCUT2D eigenvalue weighted by Gasteiger charge is -2.55. The molecule has 0 saturated carbocycles. The van der Waals surface area contributed by atoms with Gasteiger partial charge in [-0.15, -0.1) is 0 Å². The number of carbonyl (C=O) groups is 2. The van der Waals surface area contributed by atoms with Crippen LogP contribution in [-0.4, -0.2) is 51.8 Å². The number of fused-ring (bicyclic) bond motifs is 2. The Morgan fingerprint density at radius 3 is 2.77 bits per heavy atom. The zero-order chi connectivity index (χ0) is 21.8. The standard InChI is InChI=1S/C24H26N2O5/c1-26-11-10-24-17(13-26)20(15-9-8-14(29-2)12-19(15)31-24)21(23(28)25-24)22(27)16-6-4-5-7-18(16)30-3/h4-9,12,17,20-21H,10-11,13H2,1-3H3,(H,25,28)/p+1. The molecule has 2 aromatic carbocycles. The smallest absolute Gasteiger partial charge is 0.234 e. The van der Waals surface area contributed by atoms with Gasteiger partial charge in [-0.3, -0.25) is 9.59 Å². The van der Waals surface area contributed by atoms with Gasteiger partial charge in [0.25, 0.3) is 0 Å². The number of carbonyl (C=O) groups excluding carboxylic acids is 2. The zero-order valence-corrected chi connectivity index (χ0v) is 17.9. The van der Waals surface area contributed by atoms with Crippen LogP contribution < -0.4 is 24.4 Å². The lowest BCUT2D eigenvalue weighted by Crippen LogP contribution is -3.13. The molecule has 0 radical (unpaired) electrons. The van der Waals surface area contributed by atoms with Crippen molar-refractivity contribution in [1.82, 2.24) is 5.32 Å². The molecule has 1 amide bonds. The van der Waals surface area contributed by atoms with E-state index in [1.54, 1.807) is 25.3 Å². The number of hydrogen-bond acceptors (Lipinski definition) is 5. The summed E-state index contributed by atoms with van der Waals surface area (Å²) in [7, 11) is 5.29. The van der Waals surface area contributed by atoms with E-state index in [0.717, 1.165) is 18.7 Å². The van der Waals surface area contributed by atoms with Gasteiger partial charge in [-0.2, -0.15) is 0 Å². The van der Waals surface area contributed by atoms with Crippen LogP contribution in [0.5, 0.6) is 17.2 Å². The topological polar surface area (TPSA) is 78.3 Å². The summed E-state index contributed by atoms with van der Waals surface area (Å²) in [6.07, 6.45) is 0.692. The molecular formula is C24H27N2O5+. The number of likely N-dealkylation sites (tertiary alicyclic amines) is 1. The number of benzene rings is 2. The van der Waals surface area contributed by atoms with Crippen LogP contribution in [0.2, 0.25) is 0 Å². The molecule has 3 heterocycles. The SMILES string of the molecule is COc1ccc2c(c1)OC13CC[NH+](C)CC1C2C(C(=O)c1ccccc1OC)C(=O)N3. The number of Topliss-reactive ketones (excluding diaryl/α,β-unsaturated/α-hetero) is 1. The zero-order valence-electron chi connectivity index (χ0n) is 17.9. The molecule has 0 aromatic heterocycles. The summed E-state index contributed by atoms with van der Waals surface area (Å²) in [5.74, 6) is 0.197. The quantitative estimate of drug-likeness (QED) is 0.568. The highest BCUT2D eigenvalue weighted by molar-refractivity contribution is 6.12. The Morgan fingerprint density at radius 2 is 2.00 bits per heavy atom. The molecular weight excluding hydrogens is 396 g/mol. The number of para-hydroxylation sites is 1. The number of quaternary nitrogens is 1. The minimum atomic E-state index is -0.851. The van der Waals surface area contributed by atoms with E-state index in [-0.39, 0.29) is 23.5 Å². The summed E-state index contributed by atoms with van der Waals surface area (Å²) < 4.78 is 17.3. The first-order valence-corrected chi connectivity index (χ1v) is 10.6. The molecule has 5 unspecified atom stereocenters. The third-order valence-corrected chi connectivity index (χ3v) is 7.03. The van der Waals surface area contributed by atoms with Gasteiger partial charge in [-0.05, 0) is 23.8 Å². The fourth-order valence-corrected chi connectivity index (χ4v) is 5.53. The molecule has 162 valence electrons. The second-order valence-electron chi connectivity index (χ2n) is 8.72. The number of ketones is 1. The number of rotatable bonds is 4. The molecule has 0 spiro atoms. The summed E-state index contributed by atoms with van der Waals surface area (Å²) in [4.78, 5) is 28.5. The van der Waals surface area contributed by atoms with Gasteiger partial charge in [0.2, 0.25) is 5.91 Å². The number of amides is 1. The number of hydrogen-bond donors (Lipinski definition) is 2. The highest BCUT2D eigenvalue weighted by Crippen LogP contribution is 2.53. The van der Waals surface area contributed by atoms with E-state index >= 15 is 0 Å². The molecule has 2 N–H and O–H groups in total. The first kappa shape index (κ1) is 19.9. The molecule has 2 saturated heterocycles. The van der Waals surface area contributed by atoms with Crippen molar-refractivity contribution in [2.24, 2.45) is 11.8 Å². The molecule has 2 fully saturated rings. The minimum absolute atomic E-state index is 0.0106. The minimum Gasteiger partial charge on any atom is -0.497 e. The van der Waals surface area contributed by atoms with Gasteiger partial charge in [-0.1, -0.05) is 18.2 Å². The van der Waals surface area contributed by atoms with Crippen LogP contribution in [-0.2, 0) is 4.79 Å². The Kier molecular flexibility index (Phi) is 4.66. The maximum atomic E-state index is 13.8. The molecule has 7 nitrogen and oxygen atoms in total. The summed E-state index contributed by atoms with van der Waals surface area (Å²) in [5, 5.41) is 3.12. The molecule has 2 aromatic rings. The highest BCUT2D eigenvalue weighted by atomic mass is 16.5. The van der Waals surface area contributed by atoms with Gasteiger partial charge >= 0.3 is 0 Å². The van der Waals surface area contributed by atoms with Crippen molar-refractivity contribution < 1.29 is 28.7 Å². The van der Waals surface area contributed by atoms with Crippen molar-refractivity contribution in [2.45, 2.75) is 18.1 Å². The second kappa shape index (κ2) is 7.27. The van der Waals surface area contributed by atoms with E-state index in [4.69, 9.17) is 14.2 Å². The Balaban J connectivity index is 1.66. The van der Waals surface area contributed by atoms with E-state index in [1.807, 2.05) is 24.3 Å². The van der Waals surface area contributed by atoms with Gasteiger partial charge < -0.3 is 24.4 Å². The molecule has 3 aliphatic rings. The molecule has 7 heteroatoms. The maximum absolute atomic E-state index is 13.8. The monoisotopic (exact) mass is 423 g/mol. The Bertz CT molecular complexity index is 1050. The maximum Gasteiger partial charge on any atom is 0.234 e. The lowest BCUT2D eigenvalue weighted by molar-refractivity contribution is -0.892. The van der Waals surface area contributed by atoms with E-state index in [2.05, 4.69) is 12.4 Å². The van der Waals surface area contributed by atoms with Crippen molar-refractivity contribution in [1.29, 1.82) is 0 Å². The van der Waals surface area contributed by atoms with E-state index in [9.17, 15) is 9.59 Å². The van der Waals surface area contributed by atoms with Crippen molar-refractivity contribution in [3.8, 4) is 17.2 Å². The number of piperidine rings is 2. The third kappa shape index (κ3) is 2.98. The van der Waals surface area contributed by atoms with Crippen LogP contribution in [0.1, 0.15) is 28.3 Å². The Hall–Kier alpha value is -3.06. The van der Waals surface area contributed by atoms with Crippen LogP contribution in [0, 0.1) is 11.8 Å². The van der Waals surface area contributed by atoms with Crippen molar-refractivity contribution >= 4 is 11.7 Å². The van der Waals surface area contributed by atoms with Crippen LogP contribution in [0.3, 0.4) is 0 Å². The molecule has 3 aliphatic heterocycles. The largest absolute Gasteiger partial charge is 0.497 e. The second-order valence-corrected chi connectivity index (χ2v) is 8.72. The number of methoxy groups -OCH3 is 2. The summed E-state index contributed by atoms with van der Waals surface area (Å²) >= 11 is 0. The summed E-state index contributed by atoms with van der Waals surface area (Å²) in [5.41, 5.74) is 0.521. The number of nitrogens with one attached hydrogen (secondary N) is 2. The van der Waals surface area contributed by atoms with Crippen LogP contribution in [0.25, 0.3) is 0 Å². The van der Waals surface area contributed by atoms with E-state index in [0.29, 0.717) is 29.2 Å². The molecule has 31 heavy (non-hydrogen) atoms. The van der Waals surface area contributed by atoms with Crippen LogP contribution in [0.4, 0.5) is 0 Å². The van der Waals surface area contributed by atoms with Crippen molar-refractivity contribution in [3.05, 3.63) is 53.6 Å². The van der Waals surface area contributed by atoms with Gasteiger partial charge in [0.1, 0.15) is 23.2 Å². The third-order valence-electron chi connectivity index (χ3n) is 7.03. The normalized spacial score (nSPS) is 30.9. The van der Waals surface area contributed by atoms with Gasteiger partial charge in [0, 0.05) is 12.0 Å². The van der Waals surface area contributed by atoms with Crippen LogP contribution >= 0.6 is 0 Å². The van der Waals surface area contributed by atoms with Gasteiger partial charge in [0.15, 0.2) is 11.5 Å². The highest BCUT2D eigenvalue weighted by Gasteiger charge is 2.63. The van der Waals surface area contributed by atoms with Crippen molar-refractivity contribution in [3.63, 3.8) is 0 Å². The van der Waals surface area contributed by atoms with Crippen LogP contribution in [0.15, 0.2) is 42.5 Å². The summed E-state index contributed by atoms with van der Waals surface area (Å²) in [6, 6.07) is 12.7. The first-order chi connectivity index (χ1) is 15.0.